The predicted octanol–water partition coefficient (Wildman–Crippen LogP) is 3.52. The summed E-state index contributed by atoms with van der Waals surface area (Å²) in [5.41, 5.74) is 1.81. The number of hydrogen-bond acceptors (Lipinski definition) is 4. The van der Waals surface area contributed by atoms with Crippen LogP contribution >= 0.6 is 11.3 Å². The Labute approximate surface area is 171 Å². The van der Waals surface area contributed by atoms with Crippen LogP contribution in [0.15, 0.2) is 41.8 Å². The summed E-state index contributed by atoms with van der Waals surface area (Å²) in [4.78, 5) is 27.9. The van der Waals surface area contributed by atoms with Gasteiger partial charge in [-0.15, -0.1) is 11.3 Å². The molecule has 1 saturated heterocycles. The van der Waals surface area contributed by atoms with Gasteiger partial charge in [0.15, 0.2) is 0 Å². The Balaban J connectivity index is 1.47. The second-order valence-corrected chi connectivity index (χ2v) is 8.32. The maximum absolute atomic E-state index is 12.5. The molecular weight excluding hydrogens is 370 g/mol. The zero-order chi connectivity index (χ0) is 19.9. The number of carbonyl (C=O) groups is 2. The van der Waals surface area contributed by atoms with Gasteiger partial charge in [0.25, 0.3) is 5.91 Å². The summed E-state index contributed by atoms with van der Waals surface area (Å²) < 4.78 is 0. The van der Waals surface area contributed by atoms with Crippen LogP contribution in [0, 0.1) is 0 Å². The monoisotopic (exact) mass is 399 g/mol. The maximum atomic E-state index is 12.5. The number of nitrogens with zero attached hydrogens (tertiary/aromatic N) is 1. The molecule has 0 spiro atoms. The fraction of sp³-hybridized carbons (Fsp3) is 0.455. The fourth-order valence-electron chi connectivity index (χ4n) is 3.67. The third kappa shape index (κ3) is 5.20. The van der Waals surface area contributed by atoms with Crippen LogP contribution in [-0.2, 0) is 4.79 Å². The number of likely N-dealkylation sites (N-methyl/N-ethyl adjacent to an activating group) is 1. The van der Waals surface area contributed by atoms with E-state index in [0.29, 0.717) is 18.5 Å². The van der Waals surface area contributed by atoms with E-state index in [9.17, 15) is 9.59 Å². The van der Waals surface area contributed by atoms with Gasteiger partial charge in [-0.1, -0.05) is 25.1 Å². The summed E-state index contributed by atoms with van der Waals surface area (Å²) in [6.45, 7) is 3.39. The number of benzene rings is 1. The van der Waals surface area contributed by atoms with Crippen molar-refractivity contribution < 1.29 is 9.59 Å². The molecule has 0 saturated carbocycles. The van der Waals surface area contributed by atoms with Gasteiger partial charge < -0.3 is 10.6 Å². The molecule has 2 aromatic rings. The molecule has 0 bridgehead atoms. The number of rotatable bonds is 8. The normalized spacial score (nSPS) is 19.5. The van der Waals surface area contributed by atoms with Crippen molar-refractivity contribution in [1.82, 2.24) is 15.5 Å². The van der Waals surface area contributed by atoms with Crippen molar-refractivity contribution in [2.24, 2.45) is 0 Å². The van der Waals surface area contributed by atoms with Crippen LogP contribution in [0.5, 0.6) is 0 Å². The van der Waals surface area contributed by atoms with Gasteiger partial charge in [0.1, 0.15) is 0 Å². The highest BCUT2D eigenvalue weighted by Crippen LogP contribution is 2.25. The molecule has 2 amide bonds. The number of likely N-dealkylation sites (tertiary alicyclic amines) is 1. The highest BCUT2D eigenvalue weighted by molar-refractivity contribution is 7.13. The topological polar surface area (TPSA) is 61.4 Å². The highest BCUT2D eigenvalue weighted by atomic mass is 32.1. The van der Waals surface area contributed by atoms with Crippen LogP contribution in [-0.4, -0.2) is 48.9 Å². The van der Waals surface area contributed by atoms with Gasteiger partial charge in [0, 0.05) is 42.0 Å². The van der Waals surface area contributed by atoms with Crippen molar-refractivity contribution in [3.8, 4) is 10.4 Å². The average molecular weight is 400 g/mol. The molecule has 1 aromatic heterocycles. The Morgan fingerprint density at radius 3 is 2.54 bits per heavy atom. The van der Waals surface area contributed by atoms with E-state index in [0.717, 1.165) is 31.4 Å². The lowest BCUT2D eigenvalue weighted by atomic mass is 10.1. The number of carbonyl (C=O) groups excluding carboxylic acids is 2. The van der Waals surface area contributed by atoms with Gasteiger partial charge >= 0.3 is 0 Å². The minimum absolute atomic E-state index is 0.0460. The third-order valence-corrected chi connectivity index (χ3v) is 6.35. The minimum atomic E-state index is -0.0460. The molecule has 2 heterocycles. The van der Waals surface area contributed by atoms with Crippen molar-refractivity contribution in [2.75, 3.05) is 20.1 Å². The SMILES string of the molecule is CCCNC(=O)C[C@H]1CC[C@@H](CNC(=O)c2ccc(-c3cccs3)cc2)N1C. The van der Waals surface area contributed by atoms with E-state index in [2.05, 4.69) is 41.0 Å². The van der Waals surface area contributed by atoms with E-state index in [1.54, 1.807) is 11.3 Å². The zero-order valence-electron chi connectivity index (χ0n) is 16.6. The first-order chi connectivity index (χ1) is 13.6. The van der Waals surface area contributed by atoms with Crippen LogP contribution < -0.4 is 10.6 Å². The van der Waals surface area contributed by atoms with Crippen molar-refractivity contribution in [1.29, 1.82) is 0 Å². The molecule has 0 radical (unpaired) electrons. The molecule has 2 atom stereocenters. The van der Waals surface area contributed by atoms with E-state index in [1.165, 1.54) is 4.88 Å². The molecule has 2 N–H and O–H groups in total. The van der Waals surface area contributed by atoms with Gasteiger partial charge in [-0.3, -0.25) is 14.5 Å². The van der Waals surface area contributed by atoms with E-state index in [4.69, 9.17) is 0 Å². The van der Waals surface area contributed by atoms with Gasteiger partial charge in [0.05, 0.1) is 0 Å². The van der Waals surface area contributed by atoms with Gasteiger partial charge in [-0.2, -0.15) is 0 Å². The molecular formula is C22H29N3O2S. The number of hydrogen-bond donors (Lipinski definition) is 2. The smallest absolute Gasteiger partial charge is 0.251 e. The minimum Gasteiger partial charge on any atom is -0.356 e. The van der Waals surface area contributed by atoms with Crippen LogP contribution in [0.25, 0.3) is 10.4 Å². The van der Waals surface area contributed by atoms with Crippen molar-refractivity contribution in [2.45, 2.75) is 44.7 Å². The first kappa shape index (κ1) is 20.6. The molecule has 0 aliphatic carbocycles. The highest BCUT2D eigenvalue weighted by Gasteiger charge is 2.31. The summed E-state index contributed by atoms with van der Waals surface area (Å²) in [7, 11) is 2.05. The Kier molecular flexibility index (Phi) is 7.23. The average Bonchev–Trinajstić information content (AvgIpc) is 3.36. The molecule has 6 heteroatoms. The number of thiophene rings is 1. The van der Waals surface area contributed by atoms with E-state index >= 15 is 0 Å². The Bertz CT molecular complexity index is 774. The predicted molar refractivity (Wildman–Crippen MR) is 115 cm³/mol. The molecule has 3 rings (SSSR count). The zero-order valence-corrected chi connectivity index (χ0v) is 17.4. The summed E-state index contributed by atoms with van der Waals surface area (Å²) >= 11 is 1.69. The molecule has 1 fully saturated rings. The fourth-order valence-corrected chi connectivity index (χ4v) is 4.41. The van der Waals surface area contributed by atoms with E-state index < -0.39 is 0 Å². The lowest BCUT2D eigenvalue weighted by Gasteiger charge is -2.25. The second kappa shape index (κ2) is 9.85. The van der Waals surface area contributed by atoms with Crippen LogP contribution in [0.2, 0.25) is 0 Å². The standard InChI is InChI=1S/C22H29N3O2S/c1-3-12-23-21(26)14-18-10-11-19(25(18)2)15-24-22(27)17-8-6-16(7-9-17)20-5-4-13-28-20/h4-9,13,18-19H,3,10-12,14-15H2,1-2H3,(H,23,26)(H,24,27)/t18-,19+/m1/s1. The lowest BCUT2D eigenvalue weighted by Crippen LogP contribution is -2.42. The van der Waals surface area contributed by atoms with Crippen LogP contribution in [0.1, 0.15) is 43.0 Å². The van der Waals surface area contributed by atoms with Crippen molar-refractivity contribution in [3.05, 3.63) is 47.3 Å². The first-order valence-electron chi connectivity index (χ1n) is 9.99. The third-order valence-electron chi connectivity index (χ3n) is 5.43. The van der Waals surface area contributed by atoms with Gasteiger partial charge in [-0.05, 0) is 55.5 Å². The molecule has 0 unspecified atom stereocenters. The second-order valence-electron chi connectivity index (χ2n) is 7.37. The molecule has 1 aliphatic heterocycles. The summed E-state index contributed by atoms with van der Waals surface area (Å²) in [6, 6.07) is 12.4. The first-order valence-corrected chi connectivity index (χ1v) is 10.9. The Morgan fingerprint density at radius 2 is 1.86 bits per heavy atom. The molecule has 150 valence electrons. The molecule has 1 aliphatic rings. The van der Waals surface area contributed by atoms with Crippen LogP contribution in [0.4, 0.5) is 0 Å². The Hall–Kier alpha value is -2.18. The molecule has 28 heavy (non-hydrogen) atoms. The Morgan fingerprint density at radius 1 is 1.11 bits per heavy atom. The van der Waals surface area contributed by atoms with Gasteiger partial charge in [0.2, 0.25) is 5.91 Å². The number of nitrogens with one attached hydrogen (secondary N) is 2. The van der Waals surface area contributed by atoms with E-state index in [-0.39, 0.29) is 23.9 Å². The van der Waals surface area contributed by atoms with Gasteiger partial charge in [-0.25, -0.2) is 0 Å². The summed E-state index contributed by atoms with van der Waals surface area (Å²) in [5, 5.41) is 8.05. The largest absolute Gasteiger partial charge is 0.356 e. The molecule has 5 nitrogen and oxygen atoms in total. The number of amides is 2. The van der Waals surface area contributed by atoms with Crippen LogP contribution in [0.3, 0.4) is 0 Å². The summed E-state index contributed by atoms with van der Waals surface area (Å²) in [5.74, 6) is 0.0736. The summed E-state index contributed by atoms with van der Waals surface area (Å²) in [6.07, 6.45) is 3.48. The molecule has 1 aromatic carbocycles. The van der Waals surface area contributed by atoms with E-state index in [1.807, 2.05) is 30.3 Å². The lowest BCUT2D eigenvalue weighted by molar-refractivity contribution is -0.122. The quantitative estimate of drug-likeness (QED) is 0.714. The maximum Gasteiger partial charge on any atom is 0.251 e. The van der Waals surface area contributed by atoms with Crippen molar-refractivity contribution >= 4 is 23.2 Å². The van der Waals surface area contributed by atoms with Crippen molar-refractivity contribution in [3.63, 3.8) is 0 Å².